The van der Waals surface area contributed by atoms with Crippen molar-refractivity contribution in [2.75, 3.05) is 0 Å². The smallest absolute Gasteiger partial charge is 0.214 e. The molecule has 4 nitrogen and oxygen atoms in total. The van der Waals surface area contributed by atoms with Gasteiger partial charge in [-0.1, -0.05) is 0 Å². The highest BCUT2D eigenvalue weighted by molar-refractivity contribution is 7.90. The second kappa shape index (κ2) is 4.39. The Morgan fingerprint density at radius 3 is 2.00 bits per heavy atom. The Labute approximate surface area is 92.7 Å². The van der Waals surface area contributed by atoms with Crippen LogP contribution in [0.5, 0.6) is 0 Å². The fourth-order valence-corrected chi connectivity index (χ4v) is 3.82. The van der Waals surface area contributed by atoms with Gasteiger partial charge in [0, 0.05) is 11.6 Å². The Morgan fingerprint density at radius 1 is 1.13 bits per heavy atom. The first-order chi connectivity index (χ1) is 6.71. The van der Waals surface area contributed by atoms with Gasteiger partial charge in [-0.05, 0) is 46.5 Å². The second-order valence-electron chi connectivity index (χ2n) is 5.43. The number of sulfonamides is 1. The molecule has 5 heteroatoms. The van der Waals surface area contributed by atoms with Crippen molar-refractivity contribution >= 4 is 10.0 Å². The lowest BCUT2D eigenvalue weighted by molar-refractivity contribution is 0.419. The molecule has 0 aromatic heterocycles. The molecule has 0 aromatic rings. The molecule has 3 N–H and O–H groups in total. The molecular weight excluding hydrogens is 212 g/mol. The van der Waals surface area contributed by atoms with Crippen LogP contribution in [0.1, 0.15) is 46.5 Å². The van der Waals surface area contributed by atoms with Crippen molar-refractivity contribution in [1.82, 2.24) is 4.72 Å². The highest BCUT2D eigenvalue weighted by Crippen LogP contribution is 2.23. The Bertz CT molecular complexity index is 298. The summed E-state index contributed by atoms with van der Waals surface area (Å²) in [7, 11) is -3.17. The monoisotopic (exact) mass is 234 g/mol. The molecule has 1 aliphatic carbocycles. The number of hydrogen-bond acceptors (Lipinski definition) is 3. The molecule has 90 valence electrons. The van der Waals surface area contributed by atoms with Gasteiger partial charge in [-0.2, -0.15) is 0 Å². The molecule has 0 spiro atoms. The first-order valence-electron chi connectivity index (χ1n) is 5.49. The van der Waals surface area contributed by atoms with Crippen LogP contribution < -0.4 is 10.5 Å². The third kappa shape index (κ3) is 4.09. The normalized spacial score (nSPS) is 29.1. The van der Waals surface area contributed by atoms with Crippen LogP contribution in [0.2, 0.25) is 0 Å². The summed E-state index contributed by atoms with van der Waals surface area (Å²) < 4.78 is 26.6. The molecule has 0 aromatic carbocycles. The summed E-state index contributed by atoms with van der Waals surface area (Å²) in [6, 6.07) is 0.186. The summed E-state index contributed by atoms with van der Waals surface area (Å²) in [5.74, 6) is 0. The van der Waals surface area contributed by atoms with Crippen molar-refractivity contribution in [2.45, 2.75) is 63.3 Å². The number of rotatable bonds is 2. The van der Waals surface area contributed by atoms with Gasteiger partial charge in [0.25, 0.3) is 0 Å². The third-order valence-corrected chi connectivity index (χ3v) is 4.85. The lowest BCUT2D eigenvalue weighted by Crippen LogP contribution is -2.47. The Morgan fingerprint density at radius 2 is 1.60 bits per heavy atom. The van der Waals surface area contributed by atoms with E-state index in [1.807, 2.05) is 20.8 Å². The number of nitrogens with two attached hydrogens (primary N) is 1. The summed E-state index contributed by atoms with van der Waals surface area (Å²) in [5.41, 5.74) is 5.36. The maximum Gasteiger partial charge on any atom is 0.214 e. The average molecular weight is 234 g/mol. The van der Waals surface area contributed by atoms with Crippen LogP contribution in [-0.4, -0.2) is 25.2 Å². The van der Waals surface area contributed by atoms with E-state index in [-0.39, 0.29) is 11.3 Å². The van der Waals surface area contributed by atoms with Crippen LogP contribution >= 0.6 is 0 Å². The highest BCUT2D eigenvalue weighted by Gasteiger charge is 2.32. The molecule has 0 saturated heterocycles. The van der Waals surface area contributed by atoms with E-state index in [9.17, 15) is 8.42 Å². The van der Waals surface area contributed by atoms with E-state index in [0.717, 1.165) is 12.8 Å². The summed E-state index contributed by atoms with van der Waals surface area (Å²) in [6.45, 7) is 5.58. The van der Waals surface area contributed by atoms with Crippen LogP contribution in [0, 0.1) is 0 Å². The minimum absolute atomic E-state index is 0.186. The van der Waals surface area contributed by atoms with Gasteiger partial charge in [0.2, 0.25) is 10.0 Å². The fourth-order valence-electron chi connectivity index (χ4n) is 1.91. The summed E-state index contributed by atoms with van der Waals surface area (Å²) >= 11 is 0. The Kier molecular flexibility index (Phi) is 3.79. The van der Waals surface area contributed by atoms with Gasteiger partial charge in [-0.25, -0.2) is 13.1 Å². The van der Waals surface area contributed by atoms with Gasteiger partial charge in [0.05, 0.1) is 5.25 Å². The van der Waals surface area contributed by atoms with E-state index in [4.69, 9.17) is 5.73 Å². The molecular formula is C10H22N2O2S. The number of hydrogen-bond donors (Lipinski definition) is 2. The van der Waals surface area contributed by atoms with E-state index in [0.29, 0.717) is 12.8 Å². The lowest BCUT2D eigenvalue weighted by atomic mass is 9.96. The van der Waals surface area contributed by atoms with Crippen LogP contribution in [0.3, 0.4) is 0 Å². The van der Waals surface area contributed by atoms with Crippen molar-refractivity contribution in [3.63, 3.8) is 0 Å². The molecule has 1 saturated carbocycles. The largest absolute Gasteiger partial charge is 0.328 e. The van der Waals surface area contributed by atoms with Gasteiger partial charge in [0.15, 0.2) is 0 Å². The molecule has 1 aliphatic rings. The molecule has 0 aliphatic heterocycles. The lowest BCUT2D eigenvalue weighted by Gasteiger charge is -2.29. The maximum atomic E-state index is 12.0. The van der Waals surface area contributed by atoms with Crippen LogP contribution in [0.4, 0.5) is 0 Å². The fraction of sp³-hybridized carbons (Fsp3) is 1.00. The SMILES string of the molecule is CC(C)(C)NS(=O)(=O)C1CCC(N)CC1. The van der Waals surface area contributed by atoms with Crippen molar-refractivity contribution < 1.29 is 8.42 Å². The zero-order valence-electron chi connectivity index (χ0n) is 9.79. The Balaban J connectivity index is 2.63. The second-order valence-corrected chi connectivity index (χ2v) is 7.39. The quantitative estimate of drug-likeness (QED) is 0.748. The predicted octanol–water partition coefficient (Wildman–Crippen LogP) is 0.974. The van der Waals surface area contributed by atoms with Crippen molar-refractivity contribution in [1.29, 1.82) is 0 Å². The summed E-state index contributed by atoms with van der Waals surface area (Å²) in [4.78, 5) is 0. The predicted molar refractivity (Wildman–Crippen MR) is 62.0 cm³/mol. The van der Waals surface area contributed by atoms with E-state index in [1.165, 1.54) is 0 Å². The topological polar surface area (TPSA) is 72.2 Å². The van der Waals surface area contributed by atoms with Crippen molar-refractivity contribution in [3.8, 4) is 0 Å². The Hall–Kier alpha value is -0.130. The van der Waals surface area contributed by atoms with Gasteiger partial charge in [-0.3, -0.25) is 0 Å². The van der Waals surface area contributed by atoms with E-state index < -0.39 is 15.6 Å². The first-order valence-corrected chi connectivity index (χ1v) is 7.04. The summed E-state index contributed by atoms with van der Waals surface area (Å²) in [5, 5.41) is -0.253. The molecule has 0 amide bonds. The van der Waals surface area contributed by atoms with E-state index in [1.54, 1.807) is 0 Å². The van der Waals surface area contributed by atoms with E-state index >= 15 is 0 Å². The van der Waals surface area contributed by atoms with Gasteiger partial charge in [0.1, 0.15) is 0 Å². The zero-order valence-corrected chi connectivity index (χ0v) is 10.6. The molecule has 0 heterocycles. The van der Waals surface area contributed by atoms with Gasteiger partial charge >= 0.3 is 0 Å². The molecule has 0 radical (unpaired) electrons. The standard InChI is InChI=1S/C10H22N2O2S/c1-10(2,3)12-15(13,14)9-6-4-8(11)5-7-9/h8-9,12H,4-7,11H2,1-3H3. The molecule has 0 bridgehead atoms. The minimum Gasteiger partial charge on any atom is -0.328 e. The van der Waals surface area contributed by atoms with Gasteiger partial charge < -0.3 is 5.73 Å². The summed E-state index contributed by atoms with van der Waals surface area (Å²) in [6.07, 6.45) is 3.00. The first kappa shape index (κ1) is 12.9. The molecule has 15 heavy (non-hydrogen) atoms. The molecule has 1 fully saturated rings. The molecule has 0 unspecified atom stereocenters. The van der Waals surface area contributed by atoms with Crippen LogP contribution in [0.15, 0.2) is 0 Å². The third-order valence-electron chi connectivity index (χ3n) is 2.61. The highest BCUT2D eigenvalue weighted by atomic mass is 32.2. The minimum atomic E-state index is -3.17. The molecule has 0 atom stereocenters. The molecule has 1 rings (SSSR count). The van der Waals surface area contributed by atoms with Crippen LogP contribution in [-0.2, 0) is 10.0 Å². The van der Waals surface area contributed by atoms with Crippen LogP contribution in [0.25, 0.3) is 0 Å². The maximum absolute atomic E-state index is 12.0. The average Bonchev–Trinajstić information content (AvgIpc) is 2.00. The number of nitrogens with one attached hydrogen (secondary N) is 1. The van der Waals surface area contributed by atoms with Gasteiger partial charge in [-0.15, -0.1) is 0 Å². The van der Waals surface area contributed by atoms with Crippen molar-refractivity contribution in [3.05, 3.63) is 0 Å². The zero-order chi connectivity index (χ0) is 11.7. The van der Waals surface area contributed by atoms with Crippen molar-refractivity contribution in [2.24, 2.45) is 5.73 Å². The van der Waals surface area contributed by atoms with E-state index in [2.05, 4.69) is 4.72 Å².